The van der Waals surface area contributed by atoms with Crippen LogP contribution >= 0.6 is 0 Å². The molecule has 0 spiro atoms. The molecule has 96 valence electrons. The Hall–Kier alpha value is -1.06. The number of hydrogen-bond acceptors (Lipinski definition) is 2. The van der Waals surface area contributed by atoms with Crippen LogP contribution in [0, 0.1) is 11.8 Å². The van der Waals surface area contributed by atoms with Crippen molar-refractivity contribution < 1.29 is 14.7 Å². The first-order chi connectivity index (χ1) is 8.22. The first-order valence-electron chi connectivity index (χ1n) is 6.65. The van der Waals surface area contributed by atoms with Gasteiger partial charge in [0.05, 0.1) is 0 Å². The zero-order valence-electron chi connectivity index (χ0n) is 10.2. The topological polar surface area (TPSA) is 57.6 Å². The fourth-order valence-electron chi connectivity index (χ4n) is 3.71. The van der Waals surface area contributed by atoms with Crippen LogP contribution in [0.5, 0.6) is 0 Å². The number of fused-ring (bicyclic) bond motifs is 1. The number of amides is 1. The molecule has 17 heavy (non-hydrogen) atoms. The number of carbonyl (C=O) groups excluding carboxylic acids is 1. The molecule has 2 fully saturated rings. The second-order valence-electron chi connectivity index (χ2n) is 5.38. The smallest absolute Gasteiger partial charge is 0.323 e. The second kappa shape index (κ2) is 5.52. The van der Waals surface area contributed by atoms with Crippen LogP contribution in [-0.2, 0) is 9.59 Å². The molecule has 1 N–H and O–H groups in total. The molecule has 0 aromatic rings. The van der Waals surface area contributed by atoms with E-state index in [0.29, 0.717) is 5.92 Å². The van der Waals surface area contributed by atoms with E-state index in [0.717, 1.165) is 25.2 Å². The molecule has 0 radical (unpaired) electrons. The average molecular weight is 239 g/mol. The van der Waals surface area contributed by atoms with Gasteiger partial charge >= 0.3 is 5.97 Å². The Morgan fingerprint density at radius 1 is 1.18 bits per heavy atom. The first kappa shape index (κ1) is 12.4. The Balaban J connectivity index is 2.05. The van der Waals surface area contributed by atoms with Gasteiger partial charge in [-0.3, -0.25) is 9.59 Å². The monoisotopic (exact) mass is 239 g/mol. The molecule has 0 heterocycles. The maximum Gasteiger partial charge on any atom is 0.323 e. The van der Waals surface area contributed by atoms with Gasteiger partial charge in [-0.1, -0.05) is 32.1 Å². The molecule has 2 aliphatic carbocycles. The Bertz CT molecular complexity index is 290. The number of hydrogen-bond donors (Lipinski definition) is 1. The van der Waals surface area contributed by atoms with Gasteiger partial charge in [0.1, 0.15) is 6.54 Å². The van der Waals surface area contributed by atoms with E-state index >= 15 is 0 Å². The molecule has 3 unspecified atom stereocenters. The van der Waals surface area contributed by atoms with Crippen LogP contribution in [0.1, 0.15) is 44.9 Å². The summed E-state index contributed by atoms with van der Waals surface area (Å²) in [6, 6.07) is 0.169. The van der Waals surface area contributed by atoms with E-state index in [2.05, 4.69) is 0 Å². The Kier molecular flexibility index (Phi) is 4.02. The normalized spacial score (nSPS) is 32.6. The standard InChI is InChI=1S/C13H21NO3/c15-9-14(8-13(16)17)12-7-3-5-10-4-1-2-6-11(10)12/h9-12H,1-8H2,(H,16,17). The van der Waals surface area contributed by atoms with Crippen molar-refractivity contribution in [3.8, 4) is 0 Å². The lowest BCUT2D eigenvalue weighted by atomic mass is 9.68. The highest BCUT2D eigenvalue weighted by Crippen LogP contribution is 2.42. The van der Waals surface area contributed by atoms with Crippen molar-refractivity contribution in [1.82, 2.24) is 4.90 Å². The number of nitrogens with zero attached hydrogens (tertiary/aromatic N) is 1. The quantitative estimate of drug-likeness (QED) is 0.762. The highest BCUT2D eigenvalue weighted by Gasteiger charge is 2.37. The molecular weight excluding hydrogens is 218 g/mol. The Morgan fingerprint density at radius 2 is 1.88 bits per heavy atom. The van der Waals surface area contributed by atoms with E-state index in [1.165, 1.54) is 37.0 Å². The van der Waals surface area contributed by atoms with Crippen LogP contribution in [0.15, 0.2) is 0 Å². The average Bonchev–Trinajstić information content (AvgIpc) is 2.35. The largest absolute Gasteiger partial charge is 0.480 e. The van der Waals surface area contributed by atoms with Crippen LogP contribution in [0.25, 0.3) is 0 Å². The molecule has 0 aromatic carbocycles. The summed E-state index contributed by atoms with van der Waals surface area (Å²) in [7, 11) is 0. The van der Waals surface area contributed by atoms with Crippen molar-refractivity contribution in [3.63, 3.8) is 0 Å². The van der Waals surface area contributed by atoms with Crippen molar-refractivity contribution in [2.24, 2.45) is 11.8 Å². The third kappa shape index (κ3) is 2.79. The van der Waals surface area contributed by atoms with E-state index in [-0.39, 0.29) is 12.6 Å². The van der Waals surface area contributed by atoms with Crippen LogP contribution in [-0.4, -0.2) is 35.0 Å². The third-order valence-electron chi connectivity index (χ3n) is 4.42. The molecule has 0 bridgehead atoms. The van der Waals surface area contributed by atoms with Gasteiger partial charge in [-0.2, -0.15) is 0 Å². The van der Waals surface area contributed by atoms with Gasteiger partial charge in [0.2, 0.25) is 6.41 Å². The minimum atomic E-state index is -0.907. The number of carboxylic acids is 1. The summed E-state index contributed by atoms with van der Waals surface area (Å²) in [6.45, 7) is -0.141. The first-order valence-corrected chi connectivity index (χ1v) is 6.65. The fourth-order valence-corrected chi connectivity index (χ4v) is 3.71. The minimum Gasteiger partial charge on any atom is -0.480 e. The molecule has 3 atom stereocenters. The summed E-state index contributed by atoms with van der Waals surface area (Å²) in [4.78, 5) is 23.4. The minimum absolute atomic E-state index is 0.141. The second-order valence-corrected chi connectivity index (χ2v) is 5.38. The molecule has 0 aliphatic heterocycles. The predicted octanol–water partition coefficient (Wildman–Crippen LogP) is 1.89. The number of carbonyl (C=O) groups is 2. The molecular formula is C13H21NO3. The van der Waals surface area contributed by atoms with Crippen molar-refractivity contribution in [3.05, 3.63) is 0 Å². The van der Waals surface area contributed by atoms with Gasteiger partial charge in [0.25, 0.3) is 0 Å². The Morgan fingerprint density at radius 3 is 2.59 bits per heavy atom. The predicted molar refractivity (Wildman–Crippen MR) is 63.5 cm³/mol. The summed E-state index contributed by atoms with van der Waals surface area (Å²) in [5.74, 6) is 0.357. The molecule has 1 amide bonds. The van der Waals surface area contributed by atoms with Crippen molar-refractivity contribution in [1.29, 1.82) is 0 Å². The highest BCUT2D eigenvalue weighted by atomic mass is 16.4. The summed E-state index contributed by atoms with van der Waals surface area (Å²) in [5.41, 5.74) is 0. The van der Waals surface area contributed by atoms with Crippen molar-refractivity contribution in [2.75, 3.05) is 6.54 Å². The van der Waals surface area contributed by atoms with Crippen LogP contribution in [0.4, 0.5) is 0 Å². The summed E-state index contributed by atoms with van der Waals surface area (Å²) in [5, 5.41) is 8.84. The highest BCUT2D eigenvalue weighted by molar-refractivity contribution is 5.72. The Labute approximate surface area is 102 Å². The van der Waals surface area contributed by atoms with Gasteiger partial charge in [-0.15, -0.1) is 0 Å². The molecule has 2 saturated carbocycles. The van der Waals surface area contributed by atoms with E-state index in [9.17, 15) is 9.59 Å². The molecule has 0 saturated heterocycles. The number of aliphatic carboxylic acids is 1. The molecule has 4 heteroatoms. The van der Waals surface area contributed by atoms with Crippen molar-refractivity contribution >= 4 is 12.4 Å². The third-order valence-corrected chi connectivity index (χ3v) is 4.42. The molecule has 0 aromatic heterocycles. The van der Waals surface area contributed by atoms with E-state index in [1.54, 1.807) is 0 Å². The summed E-state index contributed by atoms with van der Waals surface area (Å²) in [6.07, 6.45) is 9.07. The SMILES string of the molecule is O=CN(CC(=O)O)C1CCCC2CCCCC21. The van der Waals surface area contributed by atoms with Crippen molar-refractivity contribution in [2.45, 2.75) is 51.0 Å². The summed E-state index contributed by atoms with van der Waals surface area (Å²) >= 11 is 0. The zero-order chi connectivity index (χ0) is 12.3. The van der Waals surface area contributed by atoms with Crippen LogP contribution in [0.3, 0.4) is 0 Å². The lowest BCUT2D eigenvalue weighted by molar-refractivity contribution is -0.143. The van der Waals surface area contributed by atoms with Gasteiger partial charge in [0.15, 0.2) is 0 Å². The van der Waals surface area contributed by atoms with E-state index in [1.807, 2.05) is 0 Å². The number of rotatable bonds is 4. The van der Waals surface area contributed by atoms with Gasteiger partial charge in [-0.05, 0) is 24.7 Å². The molecule has 2 rings (SSSR count). The van der Waals surface area contributed by atoms with Gasteiger partial charge < -0.3 is 10.0 Å². The lowest BCUT2D eigenvalue weighted by Crippen LogP contribution is -2.47. The maximum atomic E-state index is 11.1. The van der Waals surface area contributed by atoms with Crippen LogP contribution < -0.4 is 0 Å². The summed E-state index contributed by atoms with van der Waals surface area (Å²) < 4.78 is 0. The van der Waals surface area contributed by atoms with Gasteiger partial charge in [-0.25, -0.2) is 0 Å². The lowest BCUT2D eigenvalue weighted by Gasteiger charge is -2.44. The van der Waals surface area contributed by atoms with Crippen LogP contribution in [0.2, 0.25) is 0 Å². The zero-order valence-corrected chi connectivity index (χ0v) is 10.2. The molecule has 4 nitrogen and oxygen atoms in total. The number of carboxylic acid groups (broad SMARTS) is 1. The maximum absolute atomic E-state index is 11.1. The van der Waals surface area contributed by atoms with E-state index < -0.39 is 5.97 Å². The fraction of sp³-hybridized carbons (Fsp3) is 0.846. The van der Waals surface area contributed by atoms with E-state index in [4.69, 9.17) is 5.11 Å². The molecule has 2 aliphatic rings. The van der Waals surface area contributed by atoms with Gasteiger partial charge in [0, 0.05) is 6.04 Å².